The average Bonchev–Trinajstić information content (AvgIpc) is 2.46. The monoisotopic (exact) mass is 265 g/mol. The predicted molar refractivity (Wildman–Crippen MR) is 66.3 cm³/mol. The number of carbonyl (C=O) groups is 2. The van der Waals surface area contributed by atoms with Crippen LogP contribution in [0, 0.1) is 0 Å². The number of nitrogens with zero attached hydrogens (tertiary/aromatic N) is 1. The summed E-state index contributed by atoms with van der Waals surface area (Å²) in [5.41, 5.74) is 0.427. The van der Waals surface area contributed by atoms with Gasteiger partial charge in [-0.05, 0) is 12.1 Å². The minimum Gasteiger partial charge on any atom is -0.496 e. The molecule has 1 fully saturated rings. The molecule has 1 aliphatic heterocycles. The molecule has 1 aliphatic rings. The van der Waals surface area contributed by atoms with Crippen LogP contribution in [0.3, 0.4) is 0 Å². The summed E-state index contributed by atoms with van der Waals surface area (Å²) < 4.78 is 10.2. The highest BCUT2D eigenvalue weighted by Gasteiger charge is 2.30. The zero-order chi connectivity index (χ0) is 13.8. The molecule has 6 nitrogen and oxygen atoms in total. The van der Waals surface area contributed by atoms with E-state index in [1.807, 2.05) is 0 Å². The summed E-state index contributed by atoms with van der Waals surface area (Å²) in [5, 5.41) is 8.92. The lowest BCUT2D eigenvalue weighted by molar-refractivity contribution is -0.154. The summed E-state index contributed by atoms with van der Waals surface area (Å²) in [5.74, 6) is -0.824. The third-order valence-electron chi connectivity index (χ3n) is 2.97. The van der Waals surface area contributed by atoms with Gasteiger partial charge in [0.15, 0.2) is 6.10 Å². The fourth-order valence-electron chi connectivity index (χ4n) is 1.97. The Morgan fingerprint density at radius 3 is 2.84 bits per heavy atom. The summed E-state index contributed by atoms with van der Waals surface area (Å²) in [6.07, 6.45) is -0.965. The summed E-state index contributed by atoms with van der Waals surface area (Å²) >= 11 is 0. The first-order chi connectivity index (χ1) is 9.13. The van der Waals surface area contributed by atoms with E-state index in [1.165, 1.54) is 12.0 Å². The number of carbonyl (C=O) groups excluding carboxylic acids is 1. The van der Waals surface area contributed by atoms with Crippen LogP contribution in [-0.2, 0) is 9.53 Å². The lowest BCUT2D eigenvalue weighted by Crippen LogP contribution is -2.48. The molecule has 1 atom stereocenters. The smallest absolute Gasteiger partial charge is 0.334 e. The SMILES string of the molecule is COc1ccccc1C(=O)N1CCO[C@@H](C(=O)O)C1. The van der Waals surface area contributed by atoms with Gasteiger partial charge in [0.1, 0.15) is 5.75 Å². The van der Waals surface area contributed by atoms with Gasteiger partial charge in [-0.2, -0.15) is 0 Å². The lowest BCUT2D eigenvalue weighted by atomic mass is 10.1. The van der Waals surface area contributed by atoms with Gasteiger partial charge in [0.05, 0.1) is 25.8 Å². The van der Waals surface area contributed by atoms with E-state index >= 15 is 0 Å². The van der Waals surface area contributed by atoms with Crippen molar-refractivity contribution in [3.05, 3.63) is 29.8 Å². The number of hydrogen-bond acceptors (Lipinski definition) is 4. The molecule has 6 heteroatoms. The Bertz CT molecular complexity index is 488. The Balaban J connectivity index is 2.17. The van der Waals surface area contributed by atoms with E-state index in [1.54, 1.807) is 24.3 Å². The first-order valence-corrected chi connectivity index (χ1v) is 5.90. The molecule has 2 rings (SSSR count). The molecule has 0 saturated carbocycles. The fraction of sp³-hybridized carbons (Fsp3) is 0.385. The number of carboxylic acid groups (broad SMARTS) is 1. The number of ether oxygens (including phenoxy) is 2. The van der Waals surface area contributed by atoms with Gasteiger partial charge < -0.3 is 19.5 Å². The number of carboxylic acids is 1. The van der Waals surface area contributed by atoms with E-state index in [-0.39, 0.29) is 19.1 Å². The third-order valence-corrected chi connectivity index (χ3v) is 2.97. The van der Waals surface area contributed by atoms with Crippen LogP contribution in [0.1, 0.15) is 10.4 Å². The van der Waals surface area contributed by atoms with Crippen molar-refractivity contribution >= 4 is 11.9 Å². The standard InChI is InChI=1S/C13H15NO5/c1-18-10-5-3-2-4-9(10)12(15)14-6-7-19-11(8-14)13(16)17/h2-5,11H,6-8H2,1H3,(H,16,17)/t11-/m1/s1. The second kappa shape index (κ2) is 5.71. The van der Waals surface area contributed by atoms with Crippen molar-refractivity contribution < 1.29 is 24.2 Å². The highest BCUT2D eigenvalue weighted by molar-refractivity contribution is 5.97. The molecule has 1 aromatic rings. The summed E-state index contributed by atoms with van der Waals surface area (Å²) in [6.45, 7) is 0.644. The Hall–Kier alpha value is -2.08. The molecule has 0 bridgehead atoms. The number of rotatable bonds is 3. The molecule has 1 N–H and O–H groups in total. The molecular weight excluding hydrogens is 250 g/mol. The molecule has 19 heavy (non-hydrogen) atoms. The maximum Gasteiger partial charge on any atom is 0.334 e. The van der Waals surface area contributed by atoms with E-state index in [9.17, 15) is 9.59 Å². The Morgan fingerprint density at radius 2 is 2.16 bits per heavy atom. The van der Waals surface area contributed by atoms with Crippen LogP contribution in [0.5, 0.6) is 5.75 Å². The van der Waals surface area contributed by atoms with Gasteiger partial charge >= 0.3 is 5.97 Å². The van der Waals surface area contributed by atoms with E-state index in [0.717, 1.165) is 0 Å². The minimum absolute atomic E-state index is 0.0478. The molecule has 1 saturated heterocycles. The topological polar surface area (TPSA) is 76.1 Å². The zero-order valence-corrected chi connectivity index (χ0v) is 10.5. The number of methoxy groups -OCH3 is 1. The van der Waals surface area contributed by atoms with Crippen LogP contribution in [0.15, 0.2) is 24.3 Å². The van der Waals surface area contributed by atoms with Gasteiger partial charge in [-0.15, -0.1) is 0 Å². The molecule has 0 aromatic heterocycles. The number of benzene rings is 1. The molecule has 102 valence electrons. The van der Waals surface area contributed by atoms with Gasteiger partial charge in [0.25, 0.3) is 5.91 Å². The Kier molecular flexibility index (Phi) is 4.01. The largest absolute Gasteiger partial charge is 0.496 e. The molecule has 1 heterocycles. The summed E-state index contributed by atoms with van der Waals surface area (Å²) in [6, 6.07) is 6.87. The maximum absolute atomic E-state index is 12.3. The van der Waals surface area contributed by atoms with Crippen molar-refractivity contribution in [1.82, 2.24) is 4.90 Å². The lowest BCUT2D eigenvalue weighted by Gasteiger charge is -2.31. The minimum atomic E-state index is -1.06. The van der Waals surface area contributed by atoms with Crippen LogP contribution in [-0.4, -0.2) is 54.8 Å². The van der Waals surface area contributed by atoms with Gasteiger partial charge in [0, 0.05) is 6.54 Å². The normalized spacial score (nSPS) is 19.0. The predicted octanol–water partition coefficient (Wildman–Crippen LogP) is 0.621. The van der Waals surface area contributed by atoms with Crippen molar-refractivity contribution in [3.63, 3.8) is 0 Å². The number of para-hydroxylation sites is 1. The first kappa shape index (κ1) is 13.4. The van der Waals surface area contributed by atoms with Crippen molar-refractivity contribution in [1.29, 1.82) is 0 Å². The van der Waals surface area contributed by atoms with Gasteiger partial charge in [-0.25, -0.2) is 4.79 Å². The van der Waals surface area contributed by atoms with Gasteiger partial charge in [0.2, 0.25) is 0 Å². The highest BCUT2D eigenvalue weighted by atomic mass is 16.5. The second-order valence-electron chi connectivity index (χ2n) is 4.15. The van der Waals surface area contributed by atoms with Crippen molar-refractivity contribution in [3.8, 4) is 5.75 Å². The molecule has 1 amide bonds. The molecular formula is C13H15NO5. The average molecular weight is 265 g/mol. The zero-order valence-electron chi connectivity index (χ0n) is 10.5. The van der Waals surface area contributed by atoms with Crippen molar-refractivity contribution in [2.24, 2.45) is 0 Å². The van der Waals surface area contributed by atoms with Crippen LogP contribution >= 0.6 is 0 Å². The van der Waals surface area contributed by atoms with Crippen LogP contribution in [0.2, 0.25) is 0 Å². The van der Waals surface area contributed by atoms with Crippen LogP contribution in [0.25, 0.3) is 0 Å². The molecule has 0 unspecified atom stereocenters. The number of hydrogen-bond donors (Lipinski definition) is 1. The number of aliphatic carboxylic acids is 1. The quantitative estimate of drug-likeness (QED) is 0.867. The number of amides is 1. The van der Waals surface area contributed by atoms with Crippen LogP contribution in [0.4, 0.5) is 0 Å². The molecule has 0 aliphatic carbocycles. The van der Waals surface area contributed by atoms with Crippen molar-refractivity contribution in [2.75, 3.05) is 26.8 Å². The molecule has 1 aromatic carbocycles. The van der Waals surface area contributed by atoms with Gasteiger partial charge in [-0.1, -0.05) is 12.1 Å². The van der Waals surface area contributed by atoms with E-state index < -0.39 is 12.1 Å². The summed E-state index contributed by atoms with van der Waals surface area (Å²) in [4.78, 5) is 24.7. The Morgan fingerprint density at radius 1 is 1.42 bits per heavy atom. The molecule has 0 spiro atoms. The Labute approximate surface area is 110 Å². The molecule has 0 radical (unpaired) electrons. The first-order valence-electron chi connectivity index (χ1n) is 5.90. The second-order valence-corrected chi connectivity index (χ2v) is 4.15. The highest BCUT2D eigenvalue weighted by Crippen LogP contribution is 2.20. The van der Waals surface area contributed by atoms with Crippen LogP contribution < -0.4 is 4.74 Å². The number of morpholine rings is 1. The fourth-order valence-corrected chi connectivity index (χ4v) is 1.97. The van der Waals surface area contributed by atoms with Crippen molar-refractivity contribution in [2.45, 2.75) is 6.10 Å². The van der Waals surface area contributed by atoms with E-state index in [2.05, 4.69) is 0 Å². The van der Waals surface area contributed by atoms with E-state index in [0.29, 0.717) is 17.9 Å². The maximum atomic E-state index is 12.3. The van der Waals surface area contributed by atoms with Gasteiger partial charge in [-0.3, -0.25) is 4.79 Å². The third kappa shape index (κ3) is 2.85. The summed E-state index contributed by atoms with van der Waals surface area (Å²) in [7, 11) is 1.49. The van der Waals surface area contributed by atoms with E-state index in [4.69, 9.17) is 14.6 Å².